The predicted molar refractivity (Wildman–Crippen MR) is 123 cm³/mol. The topological polar surface area (TPSA) is 25.2 Å². The Morgan fingerprint density at radius 2 is 0.633 bits per heavy atom. The molecule has 0 unspecified atom stereocenters. The van der Waals surface area contributed by atoms with Gasteiger partial charge in [-0.05, 0) is 11.1 Å². The van der Waals surface area contributed by atoms with Crippen molar-refractivity contribution in [3.63, 3.8) is 0 Å². The molecule has 4 aromatic carbocycles. The van der Waals surface area contributed by atoms with Crippen molar-refractivity contribution in [3.8, 4) is 44.8 Å². The molecule has 0 bridgehead atoms. The van der Waals surface area contributed by atoms with E-state index in [0.29, 0.717) is 0 Å². The fraction of sp³-hybridized carbons (Fsp3) is 0. The van der Waals surface area contributed by atoms with Crippen LogP contribution >= 0.6 is 0 Å². The molecule has 0 radical (unpaired) electrons. The van der Waals surface area contributed by atoms with Crippen LogP contribution in [-0.4, -0.2) is 9.94 Å². The highest BCUT2D eigenvalue weighted by Crippen LogP contribution is 2.47. The third-order valence-corrected chi connectivity index (χ3v) is 5.37. The number of nitrogens with zero attached hydrogens (tertiary/aromatic N) is 1. The fourth-order valence-corrected chi connectivity index (χ4v) is 4.06. The molecule has 1 aromatic heterocycles. The number of aromatic nitrogens is 1. The van der Waals surface area contributed by atoms with Crippen molar-refractivity contribution in [2.24, 2.45) is 0 Å². The summed E-state index contributed by atoms with van der Waals surface area (Å²) in [7, 11) is 0. The summed E-state index contributed by atoms with van der Waals surface area (Å²) in [6, 6.07) is 40.7. The second-order valence-electron chi connectivity index (χ2n) is 7.22. The van der Waals surface area contributed by atoms with Gasteiger partial charge in [0.05, 0.1) is 11.4 Å². The van der Waals surface area contributed by atoms with E-state index in [-0.39, 0.29) is 0 Å². The molecule has 1 N–H and O–H groups in total. The molecule has 5 rings (SSSR count). The molecule has 0 aliphatic rings. The van der Waals surface area contributed by atoms with E-state index < -0.39 is 0 Å². The van der Waals surface area contributed by atoms with E-state index in [1.54, 1.807) is 0 Å². The molecule has 2 heteroatoms. The maximum absolute atomic E-state index is 11.5. The standard InChI is InChI=1S/C28H21NO/c30-29-27(23-17-9-3-10-18-23)25(21-13-5-1-6-14-21)26(22-15-7-2-8-16-22)28(29)24-19-11-4-12-20-24/h1-20,30H. The highest BCUT2D eigenvalue weighted by molar-refractivity contribution is 6.01. The molecule has 0 saturated carbocycles. The zero-order valence-corrected chi connectivity index (χ0v) is 16.4. The highest BCUT2D eigenvalue weighted by atomic mass is 16.5. The summed E-state index contributed by atoms with van der Waals surface area (Å²) in [6.07, 6.45) is 0. The van der Waals surface area contributed by atoms with Crippen LogP contribution in [0.2, 0.25) is 0 Å². The molecule has 0 atom stereocenters. The lowest BCUT2D eigenvalue weighted by Crippen LogP contribution is -1.97. The predicted octanol–water partition coefficient (Wildman–Crippen LogP) is 7.39. The van der Waals surface area contributed by atoms with Crippen LogP contribution in [0.5, 0.6) is 0 Å². The number of hydrogen-bond donors (Lipinski definition) is 1. The van der Waals surface area contributed by atoms with Gasteiger partial charge in [0.15, 0.2) is 0 Å². The first kappa shape index (κ1) is 18.0. The Balaban J connectivity index is 1.95. The maximum Gasteiger partial charge on any atom is 0.0957 e. The zero-order chi connectivity index (χ0) is 20.3. The number of benzene rings is 4. The summed E-state index contributed by atoms with van der Waals surface area (Å²) in [5.41, 5.74) is 7.71. The molecule has 5 aromatic rings. The fourth-order valence-electron chi connectivity index (χ4n) is 4.06. The number of rotatable bonds is 4. The van der Waals surface area contributed by atoms with E-state index >= 15 is 0 Å². The maximum atomic E-state index is 11.5. The third-order valence-electron chi connectivity index (χ3n) is 5.37. The largest absolute Gasteiger partial charge is 0.428 e. The van der Waals surface area contributed by atoms with E-state index in [1.807, 2.05) is 97.1 Å². The van der Waals surface area contributed by atoms with Crippen LogP contribution < -0.4 is 0 Å². The molecular formula is C28H21NO. The van der Waals surface area contributed by atoms with Crippen molar-refractivity contribution in [2.45, 2.75) is 0 Å². The molecule has 0 aliphatic heterocycles. The number of hydrogen-bond acceptors (Lipinski definition) is 1. The van der Waals surface area contributed by atoms with Crippen molar-refractivity contribution in [1.29, 1.82) is 0 Å². The van der Waals surface area contributed by atoms with Crippen molar-refractivity contribution >= 4 is 0 Å². The summed E-state index contributed by atoms with van der Waals surface area (Å²) in [5.74, 6) is 0. The zero-order valence-electron chi connectivity index (χ0n) is 16.4. The Labute approximate surface area is 176 Å². The van der Waals surface area contributed by atoms with Crippen LogP contribution in [0.1, 0.15) is 0 Å². The molecule has 0 aliphatic carbocycles. The highest BCUT2D eigenvalue weighted by Gasteiger charge is 2.26. The van der Waals surface area contributed by atoms with Crippen molar-refractivity contribution in [2.75, 3.05) is 0 Å². The Kier molecular flexibility index (Phi) is 4.66. The molecule has 30 heavy (non-hydrogen) atoms. The van der Waals surface area contributed by atoms with Crippen LogP contribution in [0.25, 0.3) is 44.8 Å². The second-order valence-corrected chi connectivity index (χ2v) is 7.22. The molecule has 0 amide bonds. The minimum absolute atomic E-state index is 0.791. The Hall–Kier alpha value is -4.04. The van der Waals surface area contributed by atoms with E-state index in [2.05, 4.69) is 24.3 Å². The molecule has 0 fully saturated rings. The quantitative estimate of drug-likeness (QED) is 0.319. The minimum atomic E-state index is 0.791. The molecule has 2 nitrogen and oxygen atoms in total. The molecular weight excluding hydrogens is 366 g/mol. The second kappa shape index (κ2) is 7.76. The van der Waals surface area contributed by atoms with E-state index in [4.69, 9.17) is 0 Å². The smallest absolute Gasteiger partial charge is 0.0957 e. The monoisotopic (exact) mass is 387 g/mol. The first-order valence-corrected chi connectivity index (χ1v) is 10.0. The van der Waals surface area contributed by atoms with Crippen molar-refractivity contribution in [3.05, 3.63) is 121 Å². The minimum Gasteiger partial charge on any atom is -0.428 e. The Bertz CT molecular complexity index is 1160. The van der Waals surface area contributed by atoms with Gasteiger partial charge in [0.2, 0.25) is 0 Å². The average Bonchev–Trinajstić information content (AvgIpc) is 3.14. The van der Waals surface area contributed by atoms with Gasteiger partial charge in [-0.1, -0.05) is 121 Å². The van der Waals surface area contributed by atoms with Crippen LogP contribution in [-0.2, 0) is 0 Å². The average molecular weight is 387 g/mol. The SMILES string of the molecule is On1c(-c2ccccc2)c(-c2ccccc2)c(-c2ccccc2)c1-c1ccccc1. The summed E-state index contributed by atoms with van der Waals surface area (Å²) < 4.78 is 1.36. The van der Waals surface area contributed by atoms with Crippen molar-refractivity contribution in [1.82, 2.24) is 4.73 Å². The molecule has 144 valence electrons. The van der Waals surface area contributed by atoms with Crippen LogP contribution in [0.15, 0.2) is 121 Å². The van der Waals surface area contributed by atoms with Gasteiger partial charge in [-0.25, -0.2) is 0 Å². The van der Waals surface area contributed by atoms with E-state index in [1.165, 1.54) is 4.73 Å². The molecule has 0 saturated heterocycles. The van der Waals surface area contributed by atoms with Crippen LogP contribution in [0, 0.1) is 0 Å². The third kappa shape index (κ3) is 3.09. The van der Waals surface area contributed by atoms with Gasteiger partial charge < -0.3 is 5.21 Å². The van der Waals surface area contributed by atoms with Gasteiger partial charge in [-0.2, -0.15) is 4.73 Å². The summed E-state index contributed by atoms with van der Waals surface area (Å²) >= 11 is 0. The van der Waals surface area contributed by atoms with Gasteiger partial charge in [-0.15, -0.1) is 0 Å². The molecule has 0 spiro atoms. The first-order valence-electron chi connectivity index (χ1n) is 10.0. The van der Waals surface area contributed by atoms with Gasteiger partial charge in [-0.3, -0.25) is 0 Å². The van der Waals surface area contributed by atoms with Gasteiger partial charge in [0.1, 0.15) is 0 Å². The van der Waals surface area contributed by atoms with E-state index in [0.717, 1.165) is 44.8 Å². The lowest BCUT2D eigenvalue weighted by Gasteiger charge is -2.09. The first-order chi connectivity index (χ1) is 14.8. The lowest BCUT2D eigenvalue weighted by molar-refractivity contribution is 0.197. The van der Waals surface area contributed by atoms with Crippen LogP contribution in [0.3, 0.4) is 0 Å². The van der Waals surface area contributed by atoms with Crippen LogP contribution in [0.4, 0.5) is 0 Å². The summed E-state index contributed by atoms with van der Waals surface area (Å²) in [4.78, 5) is 0. The summed E-state index contributed by atoms with van der Waals surface area (Å²) in [5, 5.41) is 11.5. The Morgan fingerprint density at radius 1 is 0.367 bits per heavy atom. The summed E-state index contributed by atoms with van der Waals surface area (Å²) in [6.45, 7) is 0. The lowest BCUT2D eigenvalue weighted by atomic mass is 9.91. The van der Waals surface area contributed by atoms with E-state index in [9.17, 15) is 5.21 Å². The van der Waals surface area contributed by atoms with Gasteiger partial charge in [0.25, 0.3) is 0 Å². The van der Waals surface area contributed by atoms with Crippen molar-refractivity contribution < 1.29 is 5.21 Å². The van der Waals surface area contributed by atoms with Gasteiger partial charge >= 0.3 is 0 Å². The molecule has 1 heterocycles. The normalized spacial score (nSPS) is 10.8. The Morgan fingerprint density at radius 3 is 0.933 bits per heavy atom. The van der Waals surface area contributed by atoms with Gasteiger partial charge in [0, 0.05) is 22.3 Å².